The maximum atomic E-state index is 12.3. The number of ether oxygens (including phenoxy) is 1. The second kappa shape index (κ2) is 8.46. The molecule has 0 bridgehead atoms. The largest absolute Gasteiger partial charge is 0.494 e. The lowest BCUT2D eigenvalue weighted by Crippen LogP contribution is -2.15. The molecule has 2 N–H and O–H groups in total. The Morgan fingerprint density at radius 1 is 1.04 bits per heavy atom. The number of hydrogen-bond donors (Lipinski definition) is 2. The lowest BCUT2D eigenvalue weighted by molar-refractivity contribution is 0.101. The van der Waals surface area contributed by atoms with E-state index in [0.717, 1.165) is 11.3 Å². The topological polar surface area (TPSA) is 80.3 Å². The number of thiazole rings is 1. The fourth-order valence-electron chi connectivity index (χ4n) is 2.42. The molecule has 138 valence electrons. The van der Waals surface area contributed by atoms with Gasteiger partial charge in [-0.1, -0.05) is 18.2 Å². The second-order valence-corrected chi connectivity index (χ2v) is 6.58. The molecule has 3 rings (SSSR count). The second-order valence-electron chi connectivity index (χ2n) is 5.72. The molecule has 27 heavy (non-hydrogen) atoms. The van der Waals surface area contributed by atoms with Crippen LogP contribution in [0.1, 0.15) is 33.3 Å². The summed E-state index contributed by atoms with van der Waals surface area (Å²) in [5.74, 6) is 0.151. The van der Waals surface area contributed by atoms with Gasteiger partial charge >= 0.3 is 0 Å². The van der Waals surface area contributed by atoms with Crippen LogP contribution in [0.3, 0.4) is 0 Å². The highest BCUT2D eigenvalue weighted by Gasteiger charge is 2.14. The van der Waals surface area contributed by atoms with Crippen LogP contribution in [-0.2, 0) is 0 Å². The Morgan fingerprint density at radius 2 is 1.78 bits per heavy atom. The first-order valence-corrected chi connectivity index (χ1v) is 9.31. The zero-order valence-corrected chi connectivity index (χ0v) is 15.8. The third-order valence-corrected chi connectivity index (χ3v) is 4.53. The molecule has 3 aromatic rings. The Kier molecular flexibility index (Phi) is 5.83. The summed E-state index contributed by atoms with van der Waals surface area (Å²) in [5.41, 5.74) is 2.34. The Hall–Kier alpha value is -3.19. The Labute approximate surface area is 161 Å². The minimum absolute atomic E-state index is 0.244. The van der Waals surface area contributed by atoms with Gasteiger partial charge in [-0.05, 0) is 49.7 Å². The monoisotopic (exact) mass is 381 g/mol. The number of amides is 2. The van der Waals surface area contributed by atoms with Gasteiger partial charge in [0, 0.05) is 16.6 Å². The van der Waals surface area contributed by atoms with Crippen molar-refractivity contribution in [1.82, 2.24) is 4.98 Å². The van der Waals surface area contributed by atoms with Crippen molar-refractivity contribution in [1.29, 1.82) is 0 Å². The normalized spacial score (nSPS) is 10.3. The average molecular weight is 381 g/mol. The molecular formula is C20H19N3O3S. The van der Waals surface area contributed by atoms with Gasteiger partial charge in [-0.15, -0.1) is 11.3 Å². The lowest BCUT2D eigenvalue weighted by Gasteiger charge is -2.06. The van der Waals surface area contributed by atoms with E-state index >= 15 is 0 Å². The maximum absolute atomic E-state index is 12.3. The number of aromatic nitrogens is 1. The van der Waals surface area contributed by atoms with E-state index in [9.17, 15) is 9.59 Å². The molecule has 0 spiro atoms. The van der Waals surface area contributed by atoms with Crippen molar-refractivity contribution in [3.8, 4) is 5.75 Å². The van der Waals surface area contributed by atoms with Crippen LogP contribution in [0.4, 0.5) is 10.8 Å². The maximum Gasteiger partial charge on any atom is 0.275 e. The average Bonchev–Trinajstić information content (AvgIpc) is 3.12. The summed E-state index contributed by atoms with van der Waals surface area (Å²) in [6.45, 7) is 4.36. The molecule has 0 aliphatic heterocycles. The van der Waals surface area contributed by atoms with Crippen LogP contribution in [0, 0.1) is 6.92 Å². The molecule has 6 nitrogen and oxygen atoms in total. The first kappa shape index (κ1) is 18.6. The summed E-state index contributed by atoms with van der Waals surface area (Å²) in [6, 6.07) is 14.4. The number of carbonyl (C=O) groups is 2. The first-order chi connectivity index (χ1) is 13.1. The van der Waals surface area contributed by atoms with Crippen LogP contribution in [0.25, 0.3) is 0 Å². The highest BCUT2D eigenvalue weighted by Crippen LogP contribution is 2.20. The van der Waals surface area contributed by atoms with Crippen LogP contribution < -0.4 is 15.4 Å². The number of hydrogen-bond acceptors (Lipinski definition) is 5. The SMILES string of the molecule is CCOc1ccc(NC(=O)c2csc(NC(=O)c3ccccc3C)n2)cc1. The lowest BCUT2D eigenvalue weighted by atomic mass is 10.1. The van der Waals surface area contributed by atoms with Crippen LogP contribution in [0.2, 0.25) is 0 Å². The van der Waals surface area contributed by atoms with Crippen molar-refractivity contribution in [2.24, 2.45) is 0 Å². The Morgan fingerprint density at radius 3 is 2.48 bits per heavy atom. The van der Waals surface area contributed by atoms with Gasteiger partial charge in [0.15, 0.2) is 5.13 Å². The summed E-state index contributed by atoms with van der Waals surface area (Å²) in [4.78, 5) is 28.9. The summed E-state index contributed by atoms with van der Waals surface area (Å²) in [6.07, 6.45) is 0. The summed E-state index contributed by atoms with van der Waals surface area (Å²) < 4.78 is 5.37. The zero-order chi connectivity index (χ0) is 19.2. The molecule has 1 aromatic heterocycles. The zero-order valence-electron chi connectivity index (χ0n) is 15.0. The molecule has 0 aliphatic rings. The molecule has 1 heterocycles. The van der Waals surface area contributed by atoms with Crippen LogP contribution >= 0.6 is 11.3 Å². The Balaban J connectivity index is 1.63. The molecule has 0 atom stereocenters. The van der Waals surface area contributed by atoms with Gasteiger partial charge in [0.2, 0.25) is 0 Å². The number of rotatable bonds is 6. The number of anilines is 2. The molecule has 0 radical (unpaired) electrons. The van der Waals surface area contributed by atoms with E-state index in [4.69, 9.17) is 4.74 Å². The van der Waals surface area contributed by atoms with Gasteiger partial charge in [-0.25, -0.2) is 4.98 Å². The van der Waals surface area contributed by atoms with E-state index in [1.807, 2.05) is 26.0 Å². The third kappa shape index (κ3) is 4.71. The van der Waals surface area contributed by atoms with Crippen molar-refractivity contribution >= 4 is 34.0 Å². The number of benzene rings is 2. The molecular weight excluding hydrogens is 362 g/mol. The van der Waals surface area contributed by atoms with Gasteiger partial charge in [-0.2, -0.15) is 0 Å². The van der Waals surface area contributed by atoms with Crippen molar-refractivity contribution in [3.63, 3.8) is 0 Å². The van der Waals surface area contributed by atoms with Crippen molar-refractivity contribution in [2.45, 2.75) is 13.8 Å². The fraction of sp³-hybridized carbons (Fsp3) is 0.150. The highest BCUT2D eigenvalue weighted by atomic mass is 32.1. The number of nitrogens with zero attached hydrogens (tertiary/aromatic N) is 1. The van der Waals surface area contributed by atoms with E-state index in [1.165, 1.54) is 11.3 Å². The molecule has 0 saturated carbocycles. The number of carbonyl (C=O) groups excluding carboxylic acids is 2. The first-order valence-electron chi connectivity index (χ1n) is 8.43. The number of nitrogens with one attached hydrogen (secondary N) is 2. The third-order valence-electron chi connectivity index (χ3n) is 3.77. The molecule has 7 heteroatoms. The molecule has 0 unspecified atom stereocenters. The van der Waals surface area contributed by atoms with Crippen molar-refractivity contribution in [3.05, 3.63) is 70.7 Å². The molecule has 2 amide bonds. The van der Waals surface area contributed by atoms with E-state index < -0.39 is 0 Å². The predicted molar refractivity (Wildman–Crippen MR) is 107 cm³/mol. The summed E-state index contributed by atoms with van der Waals surface area (Å²) in [7, 11) is 0. The van der Waals surface area contributed by atoms with Gasteiger partial charge in [-0.3, -0.25) is 14.9 Å². The number of aryl methyl sites for hydroxylation is 1. The highest BCUT2D eigenvalue weighted by molar-refractivity contribution is 7.14. The van der Waals surface area contributed by atoms with Gasteiger partial charge in [0.1, 0.15) is 11.4 Å². The Bertz CT molecular complexity index is 951. The van der Waals surface area contributed by atoms with Crippen LogP contribution in [0.15, 0.2) is 53.9 Å². The minimum Gasteiger partial charge on any atom is -0.494 e. The van der Waals surface area contributed by atoms with E-state index in [0.29, 0.717) is 23.0 Å². The molecule has 0 aliphatic carbocycles. The predicted octanol–water partition coefficient (Wildman–Crippen LogP) is 4.35. The summed E-state index contributed by atoms with van der Waals surface area (Å²) >= 11 is 1.20. The van der Waals surface area contributed by atoms with Gasteiger partial charge in [0.25, 0.3) is 11.8 Å². The molecule has 2 aromatic carbocycles. The van der Waals surface area contributed by atoms with Crippen molar-refractivity contribution < 1.29 is 14.3 Å². The van der Waals surface area contributed by atoms with E-state index in [2.05, 4.69) is 15.6 Å². The minimum atomic E-state index is -0.341. The fourth-order valence-corrected chi connectivity index (χ4v) is 3.11. The van der Waals surface area contributed by atoms with E-state index in [-0.39, 0.29) is 17.5 Å². The van der Waals surface area contributed by atoms with Crippen LogP contribution in [-0.4, -0.2) is 23.4 Å². The quantitative estimate of drug-likeness (QED) is 0.665. The molecule has 0 fully saturated rings. The summed E-state index contributed by atoms with van der Waals surface area (Å²) in [5, 5.41) is 7.49. The van der Waals surface area contributed by atoms with E-state index in [1.54, 1.807) is 41.8 Å². The van der Waals surface area contributed by atoms with Crippen LogP contribution in [0.5, 0.6) is 5.75 Å². The smallest absolute Gasteiger partial charge is 0.275 e. The standard InChI is InChI=1S/C20H19N3O3S/c1-3-26-15-10-8-14(9-11-15)21-19(25)17-12-27-20(22-17)23-18(24)16-7-5-4-6-13(16)2/h4-12H,3H2,1-2H3,(H,21,25)(H,22,23,24). The van der Waals surface area contributed by atoms with Gasteiger partial charge < -0.3 is 10.1 Å². The van der Waals surface area contributed by atoms with Crippen molar-refractivity contribution in [2.75, 3.05) is 17.2 Å². The van der Waals surface area contributed by atoms with Gasteiger partial charge in [0.05, 0.1) is 6.61 Å². The molecule has 0 saturated heterocycles.